The Labute approximate surface area is 197 Å². The SMILES string of the molecule is CN=C(NCCCOCCOC)NCc1cccc(NC(=O)C2CCCCC2)c1.I. The Bertz CT molecular complexity index is 637. The number of aliphatic imine (C=N–C) groups is 1. The van der Waals surface area contributed by atoms with E-state index in [0.717, 1.165) is 55.9 Å². The van der Waals surface area contributed by atoms with Gasteiger partial charge in [0.2, 0.25) is 5.91 Å². The quantitative estimate of drug-likeness (QED) is 0.176. The summed E-state index contributed by atoms with van der Waals surface area (Å²) in [5.41, 5.74) is 1.95. The number of carbonyl (C=O) groups excluding carboxylic acids is 1. The van der Waals surface area contributed by atoms with Gasteiger partial charge in [-0.3, -0.25) is 9.79 Å². The first-order chi connectivity index (χ1) is 14.2. The van der Waals surface area contributed by atoms with E-state index in [4.69, 9.17) is 9.47 Å². The van der Waals surface area contributed by atoms with Gasteiger partial charge in [0.25, 0.3) is 0 Å². The number of benzene rings is 1. The molecule has 1 aliphatic rings. The van der Waals surface area contributed by atoms with Crippen LogP contribution in [0.4, 0.5) is 5.69 Å². The van der Waals surface area contributed by atoms with Gasteiger partial charge in [-0.15, -0.1) is 24.0 Å². The minimum atomic E-state index is 0. The molecular weight excluding hydrogens is 495 g/mol. The summed E-state index contributed by atoms with van der Waals surface area (Å²) in [6.45, 7) is 3.35. The van der Waals surface area contributed by atoms with Crippen molar-refractivity contribution in [1.82, 2.24) is 10.6 Å². The highest BCUT2D eigenvalue weighted by molar-refractivity contribution is 14.0. The number of hydrogen-bond acceptors (Lipinski definition) is 4. The maximum atomic E-state index is 12.4. The number of ether oxygens (including phenoxy) is 2. The summed E-state index contributed by atoms with van der Waals surface area (Å²) in [6, 6.07) is 7.98. The largest absolute Gasteiger partial charge is 0.382 e. The van der Waals surface area contributed by atoms with Gasteiger partial charge in [-0.25, -0.2) is 0 Å². The third-order valence-electron chi connectivity index (χ3n) is 5.04. The van der Waals surface area contributed by atoms with Gasteiger partial charge in [0.05, 0.1) is 13.2 Å². The molecule has 0 spiro atoms. The number of anilines is 1. The normalized spacial score (nSPS) is 14.7. The van der Waals surface area contributed by atoms with Crippen LogP contribution in [0.3, 0.4) is 0 Å². The predicted octanol–water partition coefficient (Wildman–Crippen LogP) is 3.54. The van der Waals surface area contributed by atoms with Gasteiger partial charge < -0.3 is 25.4 Å². The topological polar surface area (TPSA) is 84.0 Å². The molecule has 8 heteroatoms. The van der Waals surface area contributed by atoms with E-state index in [-0.39, 0.29) is 35.8 Å². The van der Waals surface area contributed by atoms with Gasteiger partial charge in [-0.2, -0.15) is 0 Å². The molecule has 0 unspecified atom stereocenters. The lowest BCUT2D eigenvalue weighted by Gasteiger charge is -2.21. The fourth-order valence-electron chi connectivity index (χ4n) is 3.40. The lowest BCUT2D eigenvalue weighted by Crippen LogP contribution is -2.37. The molecule has 30 heavy (non-hydrogen) atoms. The molecule has 1 fully saturated rings. The summed E-state index contributed by atoms with van der Waals surface area (Å²) in [4.78, 5) is 16.7. The Hall–Kier alpha value is -1.39. The molecule has 1 amide bonds. The lowest BCUT2D eigenvalue weighted by molar-refractivity contribution is -0.120. The molecule has 2 rings (SSSR count). The lowest BCUT2D eigenvalue weighted by atomic mass is 9.88. The van der Waals surface area contributed by atoms with Crippen molar-refractivity contribution < 1.29 is 14.3 Å². The van der Waals surface area contributed by atoms with Crippen molar-refractivity contribution in [3.05, 3.63) is 29.8 Å². The van der Waals surface area contributed by atoms with E-state index in [1.165, 1.54) is 6.42 Å². The van der Waals surface area contributed by atoms with Crippen LogP contribution in [0.25, 0.3) is 0 Å². The Balaban J connectivity index is 0.00000450. The molecule has 0 atom stereocenters. The van der Waals surface area contributed by atoms with Crippen molar-refractivity contribution in [2.24, 2.45) is 10.9 Å². The molecule has 0 radical (unpaired) electrons. The number of hydrogen-bond donors (Lipinski definition) is 3. The molecule has 1 aromatic carbocycles. The predicted molar refractivity (Wildman–Crippen MR) is 133 cm³/mol. The Morgan fingerprint density at radius 3 is 2.67 bits per heavy atom. The number of nitrogens with one attached hydrogen (secondary N) is 3. The van der Waals surface area contributed by atoms with Crippen LogP contribution in [0, 0.1) is 5.92 Å². The highest BCUT2D eigenvalue weighted by Gasteiger charge is 2.20. The molecule has 0 saturated heterocycles. The average molecular weight is 532 g/mol. The van der Waals surface area contributed by atoms with Gasteiger partial charge in [0.1, 0.15) is 0 Å². The summed E-state index contributed by atoms with van der Waals surface area (Å²) in [5, 5.41) is 9.67. The second kappa shape index (κ2) is 16.3. The van der Waals surface area contributed by atoms with E-state index in [0.29, 0.717) is 26.4 Å². The number of halogens is 1. The molecule has 0 aliphatic heterocycles. The number of nitrogens with zero attached hydrogens (tertiary/aromatic N) is 1. The minimum absolute atomic E-state index is 0. The molecule has 0 heterocycles. The monoisotopic (exact) mass is 532 g/mol. The highest BCUT2D eigenvalue weighted by atomic mass is 127. The summed E-state index contributed by atoms with van der Waals surface area (Å²) >= 11 is 0. The van der Waals surface area contributed by atoms with Gasteiger partial charge in [0.15, 0.2) is 5.96 Å². The molecule has 170 valence electrons. The van der Waals surface area contributed by atoms with Gasteiger partial charge in [-0.1, -0.05) is 31.4 Å². The molecule has 1 aromatic rings. The van der Waals surface area contributed by atoms with Crippen LogP contribution in [-0.2, 0) is 20.8 Å². The van der Waals surface area contributed by atoms with Crippen LogP contribution >= 0.6 is 24.0 Å². The average Bonchev–Trinajstić information content (AvgIpc) is 2.76. The molecule has 7 nitrogen and oxygen atoms in total. The third kappa shape index (κ3) is 10.6. The number of methoxy groups -OCH3 is 1. The standard InChI is InChI=1S/C22H36N4O3.HI/c1-23-22(24-12-7-13-29-15-14-28-2)25-17-18-8-6-11-20(16-18)26-21(27)19-9-4-3-5-10-19;/h6,8,11,16,19H,3-5,7,9-10,12-15,17H2,1-2H3,(H,26,27)(H2,23,24,25);1H. The molecule has 1 aliphatic carbocycles. The van der Waals surface area contributed by atoms with Crippen LogP contribution in [0.5, 0.6) is 0 Å². The van der Waals surface area contributed by atoms with E-state index >= 15 is 0 Å². The van der Waals surface area contributed by atoms with Crippen LogP contribution in [0.2, 0.25) is 0 Å². The van der Waals surface area contributed by atoms with Crippen LogP contribution in [0.15, 0.2) is 29.3 Å². The second-order valence-electron chi connectivity index (χ2n) is 7.34. The molecule has 0 bridgehead atoms. The van der Waals surface area contributed by atoms with Gasteiger partial charge >= 0.3 is 0 Å². The zero-order valence-electron chi connectivity index (χ0n) is 18.2. The van der Waals surface area contributed by atoms with Crippen molar-refractivity contribution in [1.29, 1.82) is 0 Å². The summed E-state index contributed by atoms with van der Waals surface area (Å²) in [7, 11) is 3.42. The summed E-state index contributed by atoms with van der Waals surface area (Å²) in [6.07, 6.45) is 6.48. The highest BCUT2D eigenvalue weighted by Crippen LogP contribution is 2.25. The Morgan fingerprint density at radius 2 is 1.93 bits per heavy atom. The minimum Gasteiger partial charge on any atom is -0.382 e. The van der Waals surface area contributed by atoms with E-state index in [1.54, 1.807) is 14.2 Å². The maximum absolute atomic E-state index is 12.4. The first kappa shape index (κ1) is 26.6. The van der Waals surface area contributed by atoms with Crippen molar-refractivity contribution >= 4 is 41.5 Å². The number of guanidine groups is 1. The molecule has 0 aromatic heterocycles. The molecule has 1 saturated carbocycles. The number of rotatable bonds is 11. The zero-order chi connectivity index (χ0) is 20.7. The molecular formula is C22H37IN4O3. The van der Waals surface area contributed by atoms with Crippen molar-refractivity contribution in [2.75, 3.05) is 45.8 Å². The van der Waals surface area contributed by atoms with Crippen LogP contribution < -0.4 is 16.0 Å². The van der Waals surface area contributed by atoms with Crippen molar-refractivity contribution in [3.63, 3.8) is 0 Å². The summed E-state index contributed by atoms with van der Waals surface area (Å²) in [5.74, 6) is 1.06. The van der Waals surface area contributed by atoms with E-state index in [9.17, 15) is 4.79 Å². The fraction of sp³-hybridized carbons (Fsp3) is 0.636. The van der Waals surface area contributed by atoms with Gasteiger partial charge in [0, 0.05) is 45.5 Å². The third-order valence-corrected chi connectivity index (χ3v) is 5.04. The Kier molecular flexibility index (Phi) is 14.5. The smallest absolute Gasteiger partial charge is 0.227 e. The van der Waals surface area contributed by atoms with E-state index in [2.05, 4.69) is 20.9 Å². The molecule has 3 N–H and O–H groups in total. The van der Waals surface area contributed by atoms with Crippen molar-refractivity contribution in [3.8, 4) is 0 Å². The van der Waals surface area contributed by atoms with Crippen LogP contribution in [-0.4, -0.2) is 52.4 Å². The summed E-state index contributed by atoms with van der Waals surface area (Å²) < 4.78 is 10.4. The van der Waals surface area contributed by atoms with Crippen molar-refractivity contribution in [2.45, 2.75) is 45.1 Å². The zero-order valence-corrected chi connectivity index (χ0v) is 20.6. The van der Waals surface area contributed by atoms with Gasteiger partial charge in [-0.05, 0) is 37.0 Å². The first-order valence-corrected chi connectivity index (χ1v) is 10.6. The first-order valence-electron chi connectivity index (χ1n) is 10.6. The van der Waals surface area contributed by atoms with E-state index < -0.39 is 0 Å². The van der Waals surface area contributed by atoms with Crippen LogP contribution in [0.1, 0.15) is 44.1 Å². The Morgan fingerprint density at radius 1 is 1.13 bits per heavy atom. The number of amides is 1. The van der Waals surface area contributed by atoms with E-state index in [1.807, 2.05) is 24.3 Å². The fourth-order valence-corrected chi connectivity index (χ4v) is 3.40. The number of carbonyl (C=O) groups is 1. The second-order valence-corrected chi connectivity index (χ2v) is 7.34. The maximum Gasteiger partial charge on any atom is 0.227 e.